The zero-order valence-corrected chi connectivity index (χ0v) is 11.3. The number of fused-ring (bicyclic) bond motifs is 2. The SMILES string of the molecule is NC1CC2CCC(C1)N2c1ccc(C(=O)C(F)(F)F)cn1. The highest BCUT2D eigenvalue weighted by Gasteiger charge is 2.41. The van der Waals surface area contributed by atoms with E-state index in [-0.39, 0.29) is 6.04 Å². The molecule has 0 amide bonds. The highest BCUT2D eigenvalue weighted by Crippen LogP contribution is 2.38. The number of hydrogen-bond donors (Lipinski definition) is 1. The maximum atomic E-state index is 12.4. The summed E-state index contributed by atoms with van der Waals surface area (Å²) >= 11 is 0. The number of hydrogen-bond acceptors (Lipinski definition) is 4. The van der Waals surface area contributed by atoms with Crippen LogP contribution in [0.15, 0.2) is 18.3 Å². The Morgan fingerprint density at radius 3 is 2.33 bits per heavy atom. The molecule has 3 rings (SSSR count). The number of nitrogens with two attached hydrogens (primary N) is 1. The Balaban J connectivity index is 1.81. The number of piperidine rings is 1. The minimum absolute atomic E-state index is 0.185. The average Bonchev–Trinajstić information content (AvgIpc) is 2.69. The first-order valence-electron chi connectivity index (χ1n) is 6.98. The van der Waals surface area contributed by atoms with Crippen molar-refractivity contribution < 1.29 is 18.0 Å². The average molecular weight is 299 g/mol. The summed E-state index contributed by atoms with van der Waals surface area (Å²) in [4.78, 5) is 17.4. The number of ketones is 1. The number of nitrogens with zero attached hydrogens (tertiary/aromatic N) is 2. The molecule has 2 bridgehead atoms. The van der Waals surface area contributed by atoms with Crippen molar-refractivity contribution in [3.8, 4) is 0 Å². The van der Waals surface area contributed by atoms with Gasteiger partial charge in [0.25, 0.3) is 5.78 Å². The first-order valence-corrected chi connectivity index (χ1v) is 6.98. The van der Waals surface area contributed by atoms with Crippen molar-refractivity contribution in [2.24, 2.45) is 5.73 Å². The van der Waals surface area contributed by atoms with Gasteiger partial charge in [-0.25, -0.2) is 4.98 Å². The second-order valence-electron chi connectivity index (χ2n) is 5.76. The molecule has 21 heavy (non-hydrogen) atoms. The second-order valence-corrected chi connectivity index (χ2v) is 5.76. The third-order valence-electron chi connectivity index (χ3n) is 4.30. The van der Waals surface area contributed by atoms with Crippen LogP contribution in [-0.2, 0) is 0 Å². The first-order chi connectivity index (χ1) is 9.86. The lowest BCUT2D eigenvalue weighted by Gasteiger charge is -2.38. The van der Waals surface area contributed by atoms with Gasteiger partial charge in [0.2, 0.25) is 0 Å². The summed E-state index contributed by atoms with van der Waals surface area (Å²) in [6, 6.07) is 3.49. The number of pyridine rings is 1. The van der Waals surface area contributed by atoms with E-state index in [0.29, 0.717) is 17.9 Å². The Morgan fingerprint density at radius 1 is 1.24 bits per heavy atom. The molecule has 2 fully saturated rings. The van der Waals surface area contributed by atoms with Crippen LogP contribution < -0.4 is 10.6 Å². The third kappa shape index (κ3) is 2.62. The van der Waals surface area contributed by atoms with Crippen molar-refractivity contribution in [1.29, 1.82) is 0 Å². The summed E-state index contributed by atoms with van der Waals surface area (Å²) < 4.78 is 37.1. The normalized spacial score (nSPS) is 28.8. The monoisotopic (exact) mass is 299 g/mol. The number of anilines is 1. The Hall–Kier alpha value is -1.63. The van der Waals surface area contributed by atoms with Gasteiger partial charge in [-0.15, -0.1) is 0 Å². The molecule has 7 heteroatoms. The van der Waals surface area contributed by atoms with Crippen LogP contribution in [0.4, 0.5) is 19.0 Å². The molecule has 2 unspecified atom stereocenters. The van der Waals surface area contributed by atoms with Gasteiger partial charge in [0.15, 0.2) is 0 Å². The molecule has 0 saturated carbocycles. The molecule has 4 nitrogen and oxygen atoms in total. The van der Waals surface area contributed by atoms with Crippen LogP contribution in [0.25, 0.3) is 0 Å². The number of carbonyl (C=O) groups excluding carboxylic acids is 1. The lowest BCUT2D eigenvalue weighted by molar-refractivity contribution is -0.0885. The van der Waals surface area contributed by atoms with Crippen molar-refractivity contribution in [3.63, 3.8) is 0 Å². The van der Waals surface area contributed by atoms with Gasteiger partial charge in [-0.3, -0.25) is 4.79 Å². The Labute approximate surface area is 120 Å². The molecule has 2 N–H and O–H groups in total. The van der Waals surface area contributed by atoms with Crippen LogP contribution in [0.1, 0.15) is 36.0 Å². The van der Waals surface area contributed by atoms with Gasteiger partial charge in [-0.1, -0.05) is 0 Å². The molecule has 0 radical (unpaired) electrons. The maximum absolute atomic E-state index is 12.4. The Kier molecular flexibility index (Phi) is 3.39. The number of carbonyl (C=O) groups is 1. The van der Waals surface area contributed by atoms with Crippen molar-refractivity contribution in [2.75, 3.05) is 4.90 Å². The van der Waals surface area contributed by atoms with Gasteiger partial charge < -0.3 is 10.6 Å². The van der Waals surface area contributed by atoms with Gasteiger partial charge >= 0.3 is 6.18 Å². The summed E-state index contributed by atoms with van der Waals surface area (Å²) in [6.45, 7) is 0. The van der Waals surface area contributed by atoms with E-state index in [0.717, 1.165) is 31.9 Å². The van der Waals surface area contributed by atoms with Crippen LogP contribution in [-0.4, -0.2) is 35.1 Å². The lowest BCUT2D eigenvalue weighted by atomic mass is 9.98. The van der Waals surface area contributed by atoms with Crippen molar-refractivity contribution in [1.82, 2.24) is 4.98 Å². The second kappa shape index (κ2) is 4.98. The van der Waals surface area contributed by atoms with Crippen LogP contribution in [0.5, 0.6) is 0 Å². The molecule has 2 aliphatic rings. The van der Waals surface area contributed by atoms with Crippen LogP contribution >= 0.6 is 0 Å². The van der Waals surface area contributed by atoms with E-state index in [2.05, 4.69) is 9.88 Å². The van der Waals surface area contributed by atoms with Gasteiger partial charge in [-0.05, 0) is 37.8 Å². The van der Waals surface area contributed by atoms with E-state index < -0.39 is 17.5 Å². The quantitative estimate of drug-likeness (QED) is 0.851. The van der Waals surface area contributed by atoms with E-state index in [1.807, 2.05) is 0 Å². The predicted molar refractivity (Wildman–Crippen MR) is 71.1 cm³/mol. The van der Waals surface area contributed by atoms with Gasteiger partial charge in [-0.2, -0.15) is 13.2 Å². The molecule has 3 heterocycles. The summed E-state index contributed by atoms with van der Waals surface area (Å²) in [5.74, 6) is -1.22. The lowest BCUT2D eigenvalue weighted by Crippen LogP contribution is -2.47. The summed E-state index contributed by atoms with van der Waals surface area (Å²) in [5, 5.41) is 0. The maximum Gasteiger partial charge on any atom is 0.454 e. The van der Waals surface area contributed by atoms with Crippen molar-refractivity contribution >= 4 is 11.6 Å². The minimum Gasteiger partial charge on any atom is -0.351 e. The molecule has 1 aromatic rings. The summed E-state index contributed by atoms with van der Waals surface area (Å²) in [6.07, 6.45) is -0.0331. The summed E-state index contributed by atoms with van der Waals surface area (Å²) in [5.41, 5.74) is 5.57. The fourth-order valence-corrected chi connectivity index (χ4v) is 3.43. The van der Waals surface area contributed by atoms with E-state index in [1.165, 1.54) is 12.1 Å². The fourth-order valence-electron chi connectivity index (χ4n) is 3.43. The molecule has 0 spiro atoms. The minimum atomic E-state index is -4.86. The Morgan fingerprint density at radius 2 is 1.86 bits per heavy atom. The third-order valence-corrected chi connectivity index (χ3v) is 4.30. The van der Waals surface area contributed by atoms with Crippen molar-refractivity contribution in [3.05, 3.63) is 23.9 Å². The highest BCUT2D eigenvalue weighted by atomic mass is 19.4. The fraction of sp³-hybridized carbons (Fsp3) is 0.571. The standard InChI is InChI=1S/C14H16F3N3O/c15-14(16,17)13(21)8-1-4-12(19-7-8)20-10-2-3-11(20)6-9(18)5-10/h1,4,7,9-11H,2-3,5-6,18H2. The molecule has 0 aliphatic carbocycles. The largest absolute Gasteiger partial charge is 0.454 e. The zero-order valence-electron chi connectivity index (χ0n) is 11.3. The molecule has 0 aromatic carbocycles. The molecule has 114 valence electrons. The van der Waals surface area contributed by atoms with Crippen LogP contribution in [0, 0.1) is 0 Å². The highest BCUT2D eigenvalue weighted by molar-refractivity contribution is 6.00. The van der Waals surface area contributed by atoms with E-state index >= 15 is 0 Å². The summed E-state index contributed by atoms with van der Waals surface area (Å²) in [7, 11) is 0. The van der Waals surface area contributed by atoms with E-state index in [9.17, 15) is 18.0 Å². The number of alkyl halides is 3. The molecule has 2 atom stereocenters. The number of rotatable bonds is 2. The van der Waals surface area contributed by atoms with E-state index in [4.69, 9.17) is 5.73 Å². The van der Waals surface area contributed by atoms with E-state index in [1.54, 1.807) is 0 Å². The Bertz CT molecular complexity index is 529. The van der Waals surface area contributed by atoms with Gasteiger partial charge in [0.05, 0.1) is 0 Å². The number of halogens is 3. The number of aromatic nitrogens is 1. The van der Waals surface area contributed by atoms with Crippen LogP contribution in [0.2, 0.25) is 0 Å². The zero-order chi connectivity index (χ0) is 15.2. The van der Waals surface area contributed by atoms with Crippen LogP contribution in [0.3, 0.4) is 0 Å². The van der Waals surface area contributed by atoms with Gasteiger partial charge in [0.1, 0.15) is 5.82 Å². The molecule has 2 aliphatic heterocycles. The van der Waals surface area contributed by atoms with Crippen molar-refractivity contribution in [2.45, 2.75) is 50.0 Å². The molecule has 1 aromatic heterocycles. The predicted octanol–water partition coefficient (Wildman–Crippen LogP) is 2.29. The molecular formula is C14H16F3N3O. The first kappa shape index (κ1) is 14.3. The topological polar surface area (TPSA) is 59.2 Å². The molecular weight excluding hydrogens is 283 g/mol. The van der Waals surface area contributed by atoms with Gasteiger partial charge in [0, 0.05) is 29.9 Å². The molecule has 2 saturated heterocycles. The number of Topliss-reactive ketones (excluding diaryl/α,β-unsaturated/α-hetero) is 1. The smallest absolute Gasteiger partial charge is 0.351 e.